The fraction of sp³-hybridized carbons (Fsp3) is 0.714. The number of thioether (sulfide) groups is 1. The molecule has 11 atom stereocenters. The molecule has 14 nitrogen and oxygen atoms in total. The van der Waals surface area contributed by atoms with Crippen LogP contribution in [0.5, 0.6) is 17.2 Å². The van der Waals surface area contributed by atoms with Crippen molar-refractivity contribution >= 4 is 23.3 Å². The summed E-state index contributed by atoms with van der Waals surface area (Å²) in [5, 5.41) is 19.5. The lowest BCUT2D eigenvalue weighted by Gasteiger charge is -2.32. The number of hydrogen-bond acceptors (Lipinski definition) is 15. The Labute approximate surface area is 254 Å². The van der Waals surface area contributed by atoms with Gasteiger partial charge >= 0.3 is 0 Å². The molecule has 0 bridgehead atoms. The van der Waals surface area contributed by atoms with Gasteiger partial charge in [-0.25, -0.2) is 0 Å². The van der Waals surface area contributed by atoms with Gasteiger partial charge in [0.1, 0.15) is 31.0 Å². The van der Waals surface area contributed by atoms with Crippen LogP contribution in [0.4, 0.5) is 0 Å². The van der Waals surface area contributed by atoms with E-state index in [-0.39, 0.29) is 47.5 Å². The zero-order valence-electron chi connectivity index (χ0n) is 25.4. The summed E-state index contributed by atoms with van der Waals surface area (Å²) >= 11 is 0.898. The number of nitrogens with one attached hydrogen (secondary N) is 1. The van der Waals surface area contributed by atoms with Gasteiger partial charge in [0.25, 0.3) is 6.47 Å². The van der Waals surface area contributed by atoms with Crippen molar-refractivity contribution in [2.24, 2.45) is 5.92 Å². The first kappa shape index (κ1) is 33.7. The van der Waals surface area contributed by atoms with E-state index in [0.29, 0.717) is 17.6 Å². The van der Waals surface area contributed by atoms with Crippen molar-refractivity contribution in [1.29, 1.82) is 0 Å². The van der Waals surface area contributed by atoms with E-state index in [9.17, 15) is 19.8 Å². The molecule has 1 aromatic rings. The summed E-state index contributed by atoms with van der Waals surface area (Å²) in [6.45, 7) is 7.28. The normalized spacial score (nSPS) is 31.3. The minimum atomic E-state index is -1.16. The summed E-state index contributed by atoms with van der Waals surface area (Å²) in [7, 11) is 5.75. The molecule has 2 heterocycles. The monoisotopic (exact) mass is 631 g/mol. The number of ether oxygens (including phenoxy) is 8. The van der Waals surface area contributed by atoms with E-state index in [1.165, 1.54) is 28.4 Å². The predicted molar refractivity (Wildman–Crippen MR) is 151 cm³/mol. The van der Waals surface area contributed by atoms with Gasteiger partial charge in [-0.15, -0.1) is 0 Å². The van der Waals surface area contributed by atoms with E-state index < -0.39 is 53.5 Å². The minimum absolute atomic E-state index is 0.0315. The Morgan fingerprint density at radius 1 is 1.05 bits per heavy atom. The maximum atomic E-state index is 14.0. The molecule has 15 heteroatoms. The van der Waals surface area contributed by atoms with Crippen LogP contribution in [0.3, 0.4) is 0 Å². The molecular weight excluding hydrogens is 590 g/mol. The molecule has 0 radical (unpaired) electrons. The number of hydrogen-bond donors (Lipinski definition) is 3. The Balaban J connectivity index is 1.59. The third-order valence-electron chi connectivity index (χ3n) is 8.20. The molecule has 1 aromatic carbocycles. The van der Waals surface area contributed by atoms with Crippen LogP contribution in [0.2, 0.25) is 0 Å². The second-order valence-electron chi connectivity index (χ2n) is 10.7. The fourth-order valence-corrected chi connectivity index (χ4v) is 6.31. The van der Waals surface area contributed by atoms with Crippen LogP contribution in [0.1, 0.15) is 35.3 Å². The first-order valence-corrected chi connectivity index (χ1v) is 14.7. The lowest BCUT2D eigenvalue weighted by molar-refractivity contribution is -0.212. The molecule has 242 valence electrons. The molecule has 0 aromatic heterocycles. The van der Waals surface area contributed by atoms with E-state index in [2.05, 4.69) is 5.48 Å². The highest BCUT2D eigenvalue weighted by atomic mass is 32.2. The second-order valence-corrected chi connectivity index (χ2v) is 11.8. The molecule has 3 aliphatic rings. The van der Waals surface area contributed by atoms with Gasteiger partial charge in [-0.1, -0.05) is 18.7 Å². The Kier molecular flexibility index (Phi) is 11.2. The maximum Gasteiger partial charge on any atom is 0.293 e. The molecule has 2 saturated heterocycles. The van der Waals surface area contributed by atoms with Gasteiger partial charge in [0.05, 0.1) is 43.3 Å². The largest absolute Gasteiger partial charge is 0.492 e. The van der Waals surface area contributed by atoms with Crippen molar-refractivity contribution < 1.29 is 62.5 Å². The fourth-order valence-electron chi connectivity index (χ4n) is 5.10. The van der Waals surface area contributed by atoms with Crippen LogP contribution >= 0.6 is 11.8 Å². The van der Waals surface area contributed by atoms with E-state index in [4.69, 9.17) is 42.7 Å². The number of epoxide rings is 1. The highest BCUT2D eigenvalue weighted by molar-refractivity contribution is 8.14. The number of methoxy groups -OCH3 is 4. The summed E-state index contributed by atoms with van der Waals surface area (Å²) in [4.78, 5) is 30.9. The van der Waals surface area contributed by atoms with Crippen LogP contribution in [-0.2, 0) is 33.3 Å². The van der Waals surface area contributed by atoms with Crippen molar-refractivity contribution in [3.63, 3.8) is 0 Å². The molecule has 2 aliphatic heterocycles. The van der Waals surface area contributed by atoms with Gasteiger partial charge in [-0.05, 0) is 31.9 Å². The van der Waals surface area contributed by atoms with E-state index in [0.717, 1.165) is 11.8 Å². The number of benzene rings is 1. The van der Waals surface area contributed by atoms with Gasteiger partial charge in [0.15, 0.2) is 17.8 Å². The quantitative estimate of drug-likeness (QED) is 0.133. The van der Waals surface area contributed by atoms with Gasteiger partial charge in [0, 0.05) is 20.1 Å². The number of carbonyl (C=O) groups excluding carboxylic acids is 2. The number of carbonyl (C=O) groups is 2. The van der Waals surface area contributed by atoms with Gasteiger partial charge in [0.2, 0.25) is 17.2 Å². The summed E-state index contributed by atoms with van der Waals surface area (Å²) in [6, 6.07) is -0.230. The zero-order valence-corrected chi connectivity index (χ0v) is 26.2. The van der Waals surface area contributed by atoms with Gasteiger partial charge in [-0.3, -0.25) is 14.4 Å². The highest BCUT2D eigenvalue weighted by Gasteiger charge is 2.58. The second kappa shape index (κ2) is 14.3. The third kappa shape index (κ3) is 6.89. The molecular formula is C28H41NO13S. The molecule has 1 aliphatic carbocycles. The minimum Gasteiger partial charge on any atom is -0.492 e. The molecule has 1 saturated carbocycles. The number of rotatable bonds is 16. The Hall–Kier alpha value is -2.21. The highest BCUT2D eigenvalue weighted by Crippen LogP contribution is 2.48. The Bertz CT molecular complexity index is 1150. The topological polar surface area (TPSA) is 173 Å². The SMILES string of the molecule is COc1c(OC2OC3OC3C(OC)C2O)c(C)c(C)c(C(=O)SC(C(C)OC)C(CONC2C(C)C2O)OC=O)c1OC. The molecule has 11 unspecified atom stereocenters. The molecule has 3 fully saturated rings. The van der Waals surface area contributed by atoms with Crippen molar-refractivity contribution in [1.82, 2.24) is 5.48 Å². The van der Waals surface area contributed by atoms with Gasteiger partial charge < -0.3 is 48.1 Å². The zero-order chi connectivity index (χ0) is 31.6. The standard InChI is InChI=1S/C28H41NO13S/c1-11-12(2)20(40-27-19(32)22(36-7)24-28(41-24)42-27)23(37-8)21(35-6)16(11)26(33)43-25(14(4)34-5)15(38-10-30)9-39-29-17-13(3)18(17)31/h10,13-15,17-19,22,24-25,27-29,31-32H,9H2,1-8H3. The average molecular weight is 632 g/mol. The molecule has 0 amide bonds. The maximum absolute atomic E-state index is 14.0. The van der Waals surface area contributed by atoms with E-state index >= 15 is 0 Å². The number of hydroxylamine groups is 1. The molecule has 3 N–H and O–H groups in total. The van der Waals surface area contributed by atoms with Crippen LogP contribution in [0.15, 0.2) is 0 Å². The number of fused-ring (bicyclic) bond motifs is 1. The van der Waals surface area contributed by atoms with Crippen LogP contribution < -0.4 is 19.7 Å². The molecule has 0 spiro atoms. The number of aliphatic hydroxyl groups is 2. The van der Waals surface area contributed by atoms with Crippen LogP contribution in [0.25, 0.3) is 0 Å². The predicted octanol–water partition coefficient (Wildman–Crippen LogP) is 0.875. The first-order valence-electron chi connectivity index (χ1n) is 13.9. The first-order chi connectivity index (χ1) is 20.5. The average Bonchev–Trinajstić information content (AvgIpc) is 3.89. The lowest BCUT2D eigenvalue weighted by Crippen LogP contribution is -2.51. The van der Waals surface area contributed by atoms with Crippen molar-refractivity contribution in [2.75, 3.05) is 35.0 Å². The number of aliphatic hydroxyl groups excluding tert-OH is 2. The molecule has 4 rings (SSSR count). The Morgan fingerprint density at radius 3 is 2.28 bits per heavy atom. The lowest BCUT2D eigenvalue weighted by atomic mass is 10.0. The van der Waals surface area contributed by atoms with E-state index in [1.807, 2.05) is 6.92 Å². The van der Waals surface area contributed by atoms with Crippen molar-refractivity contribution in [3.8, 4) is 17.2 Å². The summed E-state index contributed by atoms with van der Waals surface area (Å²) in [5.41, 5.74) is 4.07. The smallest absolute Gasteiger partial charge is 0.293 e. The van der Waals surface area contributed by atoms with Crippen molar-refractivity contribution in [3.05, 3.63) is 16.7 Å². The van der Waals surface area contributed by atoms with E-state index in [1.54, 1.807) is 20.8 Å². The van der Waals surface area contributed by atoms with Crippen LogP contribution in [-0.4, -0.2) is 117 Å². The van der Waals surface area contributed by atoms with Crippen LogP contribution in [0, 0.1) is 19.8 Å². The summed E-state index contributed by atoms with van der Waals surface area (Å²) in [5.74, 6) is 0.485. The van der Waals surface area contributed by atoms with Crippen molar-refractivity contribution in [2.45, 2.75) is 88.2 Å². The molecule has 43 heavy (non-hydrogen) atoms. The Morgan fingerprint density at radius 2 is 1.72 bits per heavy atom. The van der Waals surface area contributed by atoms with Gasteiger partial charge in [-0.2, -0.15) is 5.48 Å². The summed E-state index contributed by atoms with van der Waals surface area (Å²) in [6.07, 6.45) is -5.84. The summed E-state index contributed by atoms with van der Waals surface area (Å²) < 4.78 is 44.8. The third-order valence-corrected chi connectivity index (χ3v) is 9.58.